The van der Waals surface area contributed by atoms with E-state index in [1.807, 2.05) is 45.3 Å². The van der Waals surface area contributed by atoms with Crippen LogP contribution in [-0.2, 0) is 28.8 Å². The first kappa shape index (κ1) is 31.4. The van der Waals surface area contributed by atoms with Crippen molar-refractivity contribution in [2.75, 3.05) is 7.11 Å². The highest BCUT2D eigenvalue weighted by atomic mass is 32.1. The number of aryl methyl sites for hydroxylation is 2. The molecule has 0 N–H and O–H groups in total. The van der Waals surface area contributed by atoms with Gasteiger partial charge in [0, 0.05) is 43.9 Å². The molecule has 2 nitrogen and oxygen atoms in total. The van der Waals surface area contributed by atoms with E-state index in [4.69, 9.17) is 4.74 Å². The summed E-state index contributed by atoms with van der Waals surface area (Å²) in [5, 5.41) is 2.26. The van der Waals surface area contributed by atoms with Crippen LogP contribution in [-0.4, -0.2) is 13.1 Å². The summed E-state index contributed by atoms with van der Waals surface area (Å²) in [5.74, 6) is -0.183. The minimum Gasteiger partial charge on any atom is -0.469 e. The first-order chi connectivity index (χ1) is 20.6. The molecule has 7 heteroatoms. The highest BCUT2D eigenvalue weighted by molar-refractivity contribution is 7.29. The average molecular weight is 653 g/mol. The fourth-order valence-corrected chi connectivity index (χ4v) is 10.8. The summed E-state index contributed by atoms with van der Waals surface area (Å²) in [6.07, 6.45) is 12.9. The van der Waals surface area contributed by atoms with Crippen LogP contribution < -0.4 is 0 Å². The molecule has 0 fully saturated rings. The quantitative estimate of drug-likeness (QED) is 0.0783. The van der Waals surface area contributed by atoms with Gasteiger partial charge in [-0.25, -0.2) is 0 Å². The number of carbonyl (C=O) groups excluding carboxylic acids is 1. The van der Waals surface area contributed by atoms with E-state index in [0.717, 1.165) is 11.3 Å². The van der Waals surface area contributed by atoms with Crippen LogP contribution in [0.5, 0.6) is 0 Å². The lowest BCUT2D eigenvalue weighted by Crippen LogP contribution is -2.02. The molecular weight excluding hydrogens is 613 g/mol. The lowest BCUT2D eigenvalue weighted by atomic mass is 10.1. The van der Waals surface area contributed by atoms with Gasteiger partial charge in [0.25, 0.3) is 0 Å². The highest BCUT2D eigenvalue weighted by Crippen LogP contribution is 2.47. The van der Waals surface area contributed by atoms with E-state index >= 15 is 0 Å². The van der Waals surface area contributed by atoms with Gasteiger partial charge in [-0.1, -0.05) is 52.4 Å². The Bertz CT molecular complexity index is 1560. The molecule has 0 aromatic carbocycles. The largest absolute Gasteiger partial charge is 0.469 e. The van der Waals surface area contributed by atoms with E-state index in [1.165, 1.54) is 115 Å². The van der Waals surface area contributed by atoms with E-state index in [2.05, 4.69) is 67.8 Å². The number of unbranched alkanes of at least 4 members (excludes halogenated alkanes) is 6. The van der Waals surface area contributed by atoms with Crippen LogP contribution in [0.2, 0.25) is 0 Å². The predicted octanol–water partition coefficient (Wildman–Crippen LogP) is 12.6. The van der Waals surface area contributed by atoms with Crippen molar-refractivity contribution in [3.05, 3.63) is 69.9 Å². The summed E-state index contributed by atoms with van der Waals surface area (Å²) in [6, 6.07) is 18.2. The van der Waals surface area contributed by atoms with Crippen molar-refractivity contribution in [3.8, 4) is 39.0 Å². The predicted molar refractivity (Wildman–Crippen MR) is 189 cm³/mol. The molecule has 0 saturated heterocycles. The van der Waals surface area contributed by atoms with Gasteiger partial charge >= 0.3 is 5.97 Å². The zero-order chi connectivity index (χ0) is 29.3. The third-order valence-corrected chi connectivity index (χ3v) is 13.6. The van der Waals surface area contributed by atoms with Crippen LogP contribution in [0.4, 0.5) is 0 Å². The number of hydrogen-bond donors (Lipinski definition) is 0. The number of esters is 1. The molecule has 0 saturated carbocycles. The molecule has 0 aliphatic rings. The van der Waals surface area contributed by atoms with Crippen LogP contribution in [0.25, 0.3) is 39.0 Å². The van der Waals surface area contributed by atoms with Crippen LogP contribution in [0, 0.1) is 0 Å². The van der Waals surface area contributed by atoms with Gasteiger partial charge in [0.2, 0.25) is 0 Å². The Morgan fingerprint density at radius 3 is 1.88 bits per heavy atom. The first-order valence-corrected chi connectivity index (χ1v) is 19.3. The van der Waals surface area contributed by atoms with Crippen molar-refractivity contribution in [2.24, 2.45) is 0 Å². The number of carbonyl (C=O) groups is 1. The van der Waals surface area contributed by atoms with Crippen molar-refractivity contribution in [3.63, 3.8) is 0 Å². The Balaban J connectivity index is 1.36. The maximum atomic E-state index is 11.8. The number of ether oxygens (including phenoxy) is 1. The van der Waals surface area contributed by atoms with Gasteiger partial charge in [-0.3, -0.25) is 4.79 Å². The van der Waals surface area contributed by atoms with Gasteiger partial charge in [-0.15, -0.1) is 56.7 Å². The molecule has 0 bridgehead atoms. The van der Waals surface area contributed by atoms with Gasteiger partial charge in [0.15, 0.2) is 0 Å². The average Bonchev–Trinajstić information content (AvgIpc) is 3.82. The van der Waals surface area contributed by atoms with Crippen LogP contribution in [0.3, 0.4) is 0 Å². The van der Waals surface area contributed by atoms with E-state index in [0.29, 0.717) is 6.42 Å². The second-order valence-corrected chi connectivity index (χ2v) is 16.0. The standard InChI is InChI=1S/C35H40O2S5/c1-4-6-8-10-12-24-20-21-38-34(24)30-18-16-27(40-30)28-17-19-31(41-28)35-25(13-11-9-7-5-2)22-32(42-35)29-15-14-26(39-29)23-33(36)37-3/h14-22H,4-13,23H2,1-3H3. The Morgan fingerprint density at radius 2 is 1.21 bits per heavy atom. The van der Waals surface area contributed by atoms with Crippen LogP contribution in [0.15, 0.2) is 53.9 Å². The lowest BCUT2D eigenvalue weighted by Gasteiger charge is -2.02. The van der Waals surface area contributed by atoms with Crippen molar-refractivity contribution in [1.82, 2.24) is 0 Å². The summed E-state index contributed by atoms with van der Waals surface area (Å²) in [7, 11) is 1.45. The highest BCUT2D eigenvalue weighted by Gasteiger charge is 2.18. The van der Waals surface area contributed by atoms with Crippen LogP contribution in [0.1, 0.15) is 81.2 Å². The molecule has 0 aliphatic carbocycles. The molecule has 42 heavy (non-hydrogen) atoms. The van der Waals surface area contributed by atoms with E-state index in [9.17, 15) is 4.79 Å². The van der Waals surface area contributed by atoms with Gasteiger partial charge in [0.05, 0.1) is 13.5 Å². The van der Waals surface area contributed by atoms with Gasteiger partial charge in [0.1, 0.15) is 0 Å². The van der Waals surface area contributed by atoms with Gasteiger partial charge in [-0.2, -0.15) is 0 Å². The molecule has 5 aromatic rings. The summed E-state index contributed by atoms with van der Waals surface area (Å²) >= 11 is 9.35. The zero-order valence-electron chi connectivity index (χ0n) is 24.8. The Morgan fingerprint density at radius 1 is 0.619 bits per heavy atom. The molecule has 0 amide bonds. The van der Waals surface area contributed by atoms with Crippen molar-refractivity contribution in [2.45, 2.75) is 84.5 Å². The third-order valence-electron chi connectivity index (χ3n) is 7.51. The van der Waals surface area contributed by atoms with Crippen molar-refractivity contribution in [1.29, 1.82) is 0 Å². The molecule has 0 radical (unpaired) electrons. The summed E-state index contributed by atoms with van der Waals surface area (Å²) < 4.78 is 4.88. The molecule has 5 heterocycles. The molecule has 5 rings (SSSR count). The molecule has 0 aliphatic heterocycles. The molecule has 0 unspecified atom stereocenters. The smallest absolute Gasteiger partial charge is 0.310 e. The monoisotopic (exact) mass is 652 g/mol. The van der Waals surface area contributed by atoms with Crippen molar-refractivity contribution >= 4 is 62.7 Å². The topological polar surface area (TPSA) is 26.3 Å². The van der Waals surface area contributed by atoms with Gasteiger partial charge in [-0.05, 0) is 90.7 Å². The number of rotatable bonds is 16. The maximum Gasteiger partial charge on any atom is 0.310 e. The Labute approximate surface area is 271 Å². The van der Waals surface area contributed by atoms with Crippen molar-refractivity contribution < 1.29 is 9.53 Å². The minimum atomic E-state index is -0.183. The summed E-state index contributed by atoms with van der Waals surface area (Å²) in [4.78, 5) is 23.7. The molecule has 222 valence electrons. The third kappa shape index (κ3) is 7.92. The number of thiophene rings is 5. The Hall–Kier alpha value is -2.03. The first-order valence-electron chi connectivity index (χ1n) is 15.1. The molecule has 5 aromatic heterocycles. The van der Waals surface area contributed by atoms with Crippen LogP contribution >= 0.6 is 56.7 Å². The second-order valence-electron chi connectivity index (χ2n) is 10.7. The van der Waals surface area contributed by atoms with E-state index in [-0.39, 0.29) is 5.97 Å². The second kappa shape index (κ2) is 15.6. The number of methoxy groups -OCH3 is 1. The molecular formula is C35H40O2S5. The van der Waals surface area contributed by atoms with E-state index in [1.54, 1.807) is 11.3 Å². The SMILES string of the molecule is CCCCCCc1ccsc1-c1ccc(-c2ccc(-c3sc(-c4ccc(CC(=O)OC)s4)cc3CCCCCC)s2)s1. The molecule has 0 atom stereocenters. The summed E-state index contributed by atoms with van der Waals surface area (Å²) in [6.45, 7) is 4.55. The fraction of sp³-hybridized carbons (Fsp3) is 0.400. The maximum absolute atomic E-state index is 11.8. The van der Waals surface area contributed by atoms with E-state index < -0.39 is 0 Å². The van der Waals surface area contributed by atoms with Gasteiger partial charge < -0.3 is 4.74 Å². The minimum absolute atomic E-state index is 0.183. The fourth-order valence-electron chi connectivity index (χ4n) is 5.18. The normalized spacial score (nSPS) is 11.4. The zero-order valence-corrected chi connectivity index (χ0v) is 28.9. The summed E-state index contributed by atoms with van der Waals surface area (Å²) in [5.41, 5.74) is 2.97. The number of hydrogen-bond acceptors (Lipinski definition) is 7. The lowest BCUT2D eigenvalue weighted by molar-refractivity contribution is -0.139. The molecule has 0 spiro atoms. The Kier molecular flexibility index (Phi) is 11.7.